The fraction of sp³-hybridized carbons (Fsp3) is 0.480. The van der Waals surface area contributed by atoms with Crippen LogP contribution in [0.3, 0.4) is 0 Å². The maximum absolute atomic E-state index is 4.48. The predicted octanol–water partition coefficient (Wildman–Crippen LogP) is 5.78. The second-order valence-electron chi connectivity index (χ2n) is 8.36. The van der Waals surface area contributed by atoms with Crippen LogP contribution in [0.1, 0.15) is 58.9 Å². The van der Waals surface area contributed by atoms with Crippen molar-refractivity contribution in [3.63, 3.8) is 0 Å². The van der Waals surface area contributed by atoms with Crippen molar-refractivity contribution in [3.8, 4) is 0 Å². The first-order valence-electron chi connectivity index (χ1n) is 11.1. The number of nitrogens with one attached hydrogen (secondary N) is 4. The number of anilines is 1. The van der Waals surface area contributed by atoms with Gasteiger partial charge in [-0.05, 0) is 71.9 Å². The molecule has 0 saturated carbocycles. The molecule has 0 amide bonds. The van der Waals surface area contributed by atoms with Gasteiger partial charge in [0.05, 0.1) is 11.7 Å². The van der Waals surface area contributed by atoms with Crippen molar-refractivity contribution in [1.29, 1.82) is 0 Å². The second-order valence-corrected chi connectivity index (χ2v) is 9.43. The van der Waals surface area contributed by atoms with Crippen LogP contribution in [0.25, 0.3) is 0 Å². The second kappa shape index (κ2) is 14.0. The van der Waals surface area contributed by atoms with Gasteiger partial charge in [0.15, 0.2) is 0 Å². The summed E-state index contributed by atoms with van der Waals surface area (Å²) in [4.78, 5) is 4.48. The van der Waals surface area contributed by atoms with Crippen LogP contribution in [-0.2, 0) is 0 Å². The number of hydrazine groups is 2. The van der Waals surface area contributed by atoms with E-state index in [0.29, 0.717) is 0 Å². The molecular formula is C25H39N5S. The number of nitrogens with zero attached hydrogens (tertiary/aromatic N) is 1. The number of thioether (sulfide) groups is 1. The Labute approximate surface area is 192 Å². The van der Waals surface area contributed by atoms with Crippen molar-refractivity contribution in [2.24, 2.45) is 0 Å². The third-order valence-corrected chi connectivity index (χ3v) is 6.13. The minimum atomic E-state index is 0.154. The number of rotatable bonds is 13. The van der Waals surface area contributed by atoms with E-state index in [4.69, 9.17) is 0 Å². The van der Waals surface area contributed by atoms with Crippen molar-refractivity contribution < 1.29 is 0 Å². The van der Waals surface area contributed by atoms with Crippen LogP contribution < -0.4 is 21.7 Å². The highest BCUT2D eigenvalue weighted by Crippen LogP contribution is 2.18. The smallest absolute Gasteiger partial charge is 0.129 e. The first-order valence-corrected chi connectivity index (χ1v) is 12.3. The van der Waals surface area contributed by atoms with Crippen LogP contribution in [0.2, 0.25) is 0 Å². The average Bonchev–Trinajstić information content (AvgIpc) is 3.26. The highest BCUT2D eigenvalue weighted by atomic mass is 32.2. The highest BCUT2D eigenvalue weighted by Gasteiger charge is 2.18. The Morgan fingerprint density at radius 1 is 1.10 bits per heavy atom. The fourth-order valence-electron chi connectivity index (χ4n) is 3.18. The van der Waals surface area contributed by atoms with E-state index in [-0.39, 0.29) is 6.04 Å². The fourth-order valence-corrected chi connectivity index (χ4v) is 4.22. The van der Waals surface area contributed by atoms with Gasteiger partial charge in [0.1, 0.15) is 5.82 Å². The lowest BCUT2D eigenvalue weighted by atomic mass is 10.1. The van der Waals surface area contributed by atoms with Crippen molar-refractivity contribution >= 4 is 17.6 Å². The van der Waals surface area contributed by atoms with Gasteiger partial charge in [-0.15, -0.1) is 0 Å². The number of hydrogen-bond donors (Lipinski definition) is 4. The van der Waals surface area contributed by atoms with E-state index in [1.807, 2.05) is 30.2 Å². The summed E-state index contributed by atoms with van der Waals surface area (Å²) in [5.74, 6) is 2.90. The molecule has 1 aromatic heterocycles. The summed E-state index contributed by atoms with van der Waals surface area (Å²) in [7, 11) is 0. The molecule has 1 aliphatic heterocycles. The normalized spacial score (nSPS) is 15.1. The van der Waals surface area contributed by atoms with E-state index in [0.717, 1.165) is 47.8 Å². The number of pyridine rings is 1. The molecule has 170 valence electrons. The van der Waals surface area contributed by atoms with Gasteiger partial charge in [0.2, 0.25) is 0 Å². The molecule has 0 radical (unpaired) electrons. The van der Waals surface area contributed by atoms with Crippen molar-refractivity contribution in [2.45, 2.75) is 66.3 Å². The SMILES string of the molecule is CC(C)=CCCC(C)=CCCC(C)=CCSCC(Nc1ncccc1C)C1=CNNN1. The number of allylic oxidation sites excluding steroid dienone is 5. The van der Waals surface area contributed by atoms with E-state index in [9.17, 15) is 0 Å². The Hall–Kier alpha value is -2.18. The lowest BCUT2D eigenvalue weighted by Crippen LogP contribution is -2.37. The molecule has 1 aliphatic rings. The molecule has 2 heterocycles. The lowest BCUT2D eigenvalue weighted by molar-refractivity contribution is 0.586. The van der Waals surface area contributed by atoms with Crippen molar-refractivity contribution in [1.82, 2.24) is 21.4 Å². The van der Waals surface area contributed by atoms with E-state index in [2.05, 4.69) is 85.6 Å². The molecular weight excluding hydrogens is 402 g/mol. The van der Waals surface area contributed by atoms with Crippen LogP contribution in [0.15, 0.2) is 65.2 Å². The average molecular weight is 442 g/mol. The Bertz CT molecular complexity index is 806. The van der Waals surface area contributed by atoms with Crippen molar-refractivity contribution in [3.05, 3.63) is 70.7 Å². The standard InChI is InChI=1S/C25H39N5S/c1-19(2)9-6-10-20(3)11-7-12-21(4)14-16-31-18-24(23-17-27-30-29-23)28-25-22(5)13-8-15-26-25/h8-9,11,13-15,17,24,27,29-30H,6-7,10,12,16,18H2,1-5H3,(H,26,28). The topological polar surface area (TPSA) is 61.0 Å². The monoisotopic (exact) mass is 441 g/mol. The highest BCUT2D eigenvalue weighted by molar-refractivity contribution is 7.99. The third kappa shape index (κ3) is 10.1. The predicted molar refractivity (Wildman–Crippen MR) is 137 cm³/mol. The number of aryl methyl sites for hydroxylation is 1. The van der Waals surface area contributed by atoms with Gasteiger partial charge >= 0.3 is 0 Å². The molecule has 31 heavy (non-hydrogen) atoms. The molecule has 1 unspecified atom stereocenters. The molecule has 0 spiro atoms. The summed E-state index contributed by atoms with van der Waals surface area (Å²) in [6.45, 7) is 10.9. The van der Waals surface area contributed by atoms with E-state index < -0.39 is 0 Å². The summed E-state index contributed by atoms with van der Waals surface area (Å²) >= 11 is 1.93. The van der Waals surface area contributed by atoms with Crippen molar-refractivity contribution in [2.75, 3.05) is 16.8 Å². The van der Waals surface area contributed by atoms with Gasteiger partial charge in [0.25, 0.3) is 0 Å². The molecule has 0 fully saturated rings. The van der Waals surface area contributed by atoms with E-state index >= 15 is 0 Å². The van der Waals surface area contributed by atoms with Crippen LogP contribution in [0.4, 0.5) is 5.82 Å². The quantitative estimate of drug-likeness (QED) is 0.230. The number of aromatic nitrogens is 1. The van der Waals surface area contributed by atoms with Crippen LogP contribution in [-0.4, -0.2) is 22.5 Å². The van der Waals surface area contributed by atoms with E-state index in [1.54, 1.807) is 0 Å². The minimum absolute atomic E-state index is 0.154. The molecule has 2 rings (SSSR count). The summed E-state index contributed by atoms with van der Waals surface area (Å²) in [6.07, 6.45) is 15.5. The molecule has 0 saturated heterocycles. The van der Waals surface area contributed by atoms with Crippen LogP contribution >= 0.6 is 11.8 Å². The maximum Gasteiger partial charge on any atom is 0.129 e. The lowest BCUT2D eigenvalue weighted by Gasteiger charge is -2.20. The van der Waals surface area contributed by atoms with Gasteiger partial charge in [-0.25, -0.2) is 4.98 Å². The van der Waals surface area contributed by atoms with Gasteiger partial charge in [-0.3, -0.25) is 0 Å². The number of hydrogen-bond acceptors (Lipinski definition) is 6. The van der Waals surface area contributed by atoms with Crippen LogP contribution in [0.5, 0.6) is 0 Å². The molecule has 0 aliphatic carbocycles. The van der Waals surface area contributed by atoms with Gasteiger partial charge < -0.3 is 16.2 Å². The largest absolute Gasteiger partial charge is 0.361 e. The molecule has 6 heteroatoms. The molecule has 1 aromatic rings. The molecule has 0 bridgehead atoms. The zero-order valence-corrected chi connectivity index (χ0v) is 20.5. The summed E-state index contributed by atoms with van der Waals surface area (Å²) < 4.78 is 0. The third-order valence-electron chi connectivity index (χ3n) is 5.16. The minimum Gasteiger partial charge on any atom is -0.361 e. The zero-order valence-electron chi connectivity index (χ0n) is 19.7. The van der Waals surface area contributed by atoms with Gasteiger partial charge in [-0.1, -0.05) is 41.0 Å². The van der Waals surface area contributed by atoms with Gasteiger partial charge in [-0.2, -0.15) is 17.3 Å². The molecule has 4 N–H and O–H groups in total. The Morgan fingerprint density at radius 3 is 2.52 bits per heavy atom. The maximum atomic E-state index is 4.48. The molecule has 1 atom stereocenters. The summed E-state index contributed by atoms with van der Waals surface area (Å²) in [6, 6.07) is 4.20. The van der Waals surface area contributed by atoms with Gasteiger partial charge in [0, 0.05) is 23.9 Å². The molecule has 5 nitrogen and oxygen atoms in total. The summed E-state index contributed by atoms with van der Waals surface area (Å²) in [5.41, 5.74) is 15.7. The van der Waals surface area contributed by atoms with Crippen LogP contribution in [0, 0.1) is 6.92 Å². The first-order chi connectivity index (χ1) is 15.0. The Balaban J connectivity index is 1.76. The zero-order chi connectivity index (χ0) is 22.5. The Kier molecular flexibility index (Phi) is 11.3. The Morgan fingerprint density at radius 2 is 1.84 bits per heavy atom. The van der Waals surface area contributed by atoms with E-state index in [1.165, 1.54) is 23.1 Å². The first kappa shape index (κ1) is 25.1. The summed E-state index contributed by atoms with van der Waals surface area (Å²) in [5, 5.41) is 3.57. The molecule has 0 aromatic carbocycles.